The standard InChI is InChI=1S/C21H17I2N5O3S/c1-13-10-15(22)4-8-19(13)25-20-9-5-16(23)11-18(20)21(29)26-28-24-12-14-2-6-17(7-3-14)27-32(30)31/h2-11,27H,12H2,1H3,(H-,25,29,30,31)/p+1. The van der Waals surface area contributed by atoms with Crippen molar-refractivity contribution in [3.05, 3.63) is 84.5 Å². The summed E-state index contributed by atoms with van der Waals surface area (Å²) >= 11 is 2.28. The SMILES string of the molecule is Cc1cc(I)ccc1Nc1ccc(I)cc1C(=O)N=[N+]=NCc1ccc(NS(=O)O)cc1. The largest absolute Gasteiger partial charge is 0.362 e. The summed E-state index contributed by atoms with van der Waals surface area (Å²) in [5, 5.41) is 11.0. The van der Waals surface area contributed by atoms with E-state index in [2.05, 4.69) is 76.4 Å². The molecule has 0 aliphatic rings. The third-order valence-electron chi connectivity index (χ3n) is 4.28. The van der Waals surface area contributed by atoms with E-state index in [0.29, 0.717) is 16.9 Å². The van der Waals surface area contributed by atoms with Crippen LogP contribution >= 0.6 is 45.2 Å². The molecule has 11 heteroatoms. The van der Waals surface area contributed by atoms with Crippen LogP contribution in [0.15, 0.2) is 70.9 Å². The second kappa shape index (κ2) is 11.6. The number of aryl methyl sites for hydroxylation is 1. The fourth-order valence-corrected chi connectivity index (χ4v) is 4.21. The molecule has 0 fully saturated rings. The van der Waals surface area contributed by atoms with E-state index in [1.54, 1.807) is 30.3 Å². The molecule has 0 saturated heterocycles. The van der Waals surface area contributed by atoms with Crippen molar-refractivity contribution in [3.63, 3.8) is 0 Å². The molecule has 32 heavy (non-hydrogen) atoms. The highest BCUT2D eigenvalue weighted by Gasteiger charge is 2.16. The first-order valence-corrected chi connectivity index (χ1v) is 12.5. The minimum atomic E-state index is -2.12. The lowest BCUT2D eigenvalue weighted by Gasteiger charge is -2.12. The third kappa shape index (κ3) is 7.17. The lowest BCUT2D eigenvalue weighted by atomic mass is 10.1. The number of carbonyl (C=O) groups excluding carboxylic acids is 1. The van der Waals surface area contributed by atoms with E-state index in [1.165, 1.54) is 0 Å². The summed E-state index contributed by atoms with van der Waals surface area (Å²) in [6.45, 7) is 2.22. The number of rotatable bonds is 7. The molecule has 0 aliphatic heterocycles. The molecular weight excluding hydrogens is 656 g/mol. The summed E-state index contributed by atoms with van der Waals surface area (Å²) in [7, 11) is 0. The summed E-state index contributed by atoms with van der Waals surface area (Å²) in [5.74, 6) is -0.497. The van der Waals surface area contributed by atoms with Gasteiger partial charge < -0.3 is 5.32 Å². The Kier molecular flexibility index (Phi) is 8.87. The van der Waals surface area contributed by atoms with Crippen molar-refractivity contribution in [1.82, 2.24) is 4.91 Å². The number of halogens is 2. The highest BCUT2D eigenvalue weighted by Crippen LogP contribution is 2.26. The fraction of sp³-hybridized carbons (Fsp3) is 0.0952. The Morgan fingerprint density at radius 1 is 1.03 bits per heavy atom. The maximum Gasteiger partial charge on any atom is 0.362 e. The van der Waals surface area contributed by atoms with Gasteiger partial charge in [-0.3, -0.25) is 14.1 Å². The van der Waals surface area contributed by atoms with Gasteiger partial charge in [0, 0.05) is 18.5 Å². The van der Waals surface area contributed by atoms with Crippen molar-refractivity contribution in [2.75, 3.05) is 10.0 Å². The van der Waals surface area contributed by atoms with Crippen LogP contribution in [0.2, 0.25) is 0 Å². The predicted octanol–water partition coefficient (Wildman–Crippen LogP) is 5.81. The van der Waals surface area contributed by atoms with Crippen LogP contribution in [0.3, 0.4) is 0 Å². The zero-order valence-corrected chi connectivity index (χ0v) is 21.9. The number of benzene rings is 3. The monoisotopic (exact) mass is 674 g/mol. The highest BCUT2D eigenvalue weighted by atomic mass is 127. The normalized spacial score (nSPS) is 11.2. The molecule has 0 heterocycles. The maximum atomic E-state index is 12.7. The van der Waals surface area contributed by atoms with E-state index >= 15 is 0 Å². The molecule has 0 radical (unpaired) electrons. The summed E-state index contributed by atoms with van der Waals surface area (Å²) < 4.78 is 24.0. The number of nitrogens with one attached hydrogen (secondary N) is 2. The molecule has 8 nitrogen and oxygen atoms in total. The van der Waals surface area contributed by atoms with Gasteiger partial charge in [0.25, 0.3) is 11.3 Å². The second-order valence-electron chi connectivity index (χ2n) is 6.62. The Balaban J connectivity index is 1.73. The smallest absolute Gasteiger partial charge is 0.355 e. The number of hydrogen-bond acceptors (Lipinski definition) is 4. The molecule has 3 rings (SSSR count). The summed E-state index contributed by atoms with van der Waals surface area (Å²) in [5.41, 5.74) is 4.34. The summed E-state index contributed by atoms with van der Waals surface area (Å²) in [6, 6.07) is 18.3. The van der Waals surface area contributed by atoms with Gasteiger partial charge in [-0.25, -0.2) is 4.21 Å². The fourth-order valence-electron chi connectivity index (χ4n) is 2.73. The van der Waals surface area contributed by atoms with Gasteiger partial charge in [0.2, 0.25) is 10.0 Å². The predicted molar refractivity (Wildman–Crippen MR) is 142 cm³/mol. The van der Waals surface area contributed by atoms with E-state index in [0.717, 1.165) is 24.0 Å². The molecule has 0 aromatic heterocycles. The maximum absolute atomic E-state index is 12.7. The Hall–Kier alpha value is -2.19. The van der Waals surface area contributed by atoms with Gasteiger partial charge in [-0.2, -0.15) is 0 Å². The first-order valence-electron chi connectivity index (χ1n) is 9.23. The van der Waals surface area contributed by atoms with Gasteiger partial charge in [0.1, 0.15) is 11.7 Å². The third-order valence-corrected chi connectivity index (χ3v) is 6.03. The van der Waals surface area contributed by atoms with Crippen molar-refractivity contribution in [2.45, 2.75) is 13.5 Å². The van der Waals surface area contributed by atoms with Gasteiger partial charge in [-0.15, -0.1) is 0 Å². The van der Waals surface area contributed by atoms with Crippen LogP contribution < -0.4 is 15.0 Å². The number of carbonyl (C=O) groups is 1. The average molecular weight is 674 g/mol. The average Bonchev–Trinajstić information content (AvgIpc) is 2.75. The number of amides is 1. The molecule has 1 amide bonds. The lowest BCUT2D eigenvalue weighted by molar-refractivity contribution is 0.0993. The Bertz CT molecular complexity index is 1230. The zero-order chi connectivity index (χ0) is 23.1. The van der Waals surface area contributed by atoms with Crippen molar-refractivity contribution < 1.29 is 13.6 Å². The highest BCUT2D eigenvalue weighted by molar-refractivity contribution is 14.1. The quantitative estimate of drug-likeness (QED) is 0.127. The molecule has 3 aromatic rings. The number of hydrogen-bond donors (Lipinski definition) is 3. The van der Waals surface area contributed by atoms with Crippen LogP contribution in [0.5, 0.6) is 0 Å². The molecule has 0 aliphatic carbocycles. The van der Waals surface area contributed by atoms with Gasteiger partial charge in [0.15, 0.2) is 0 Å². The molecule has 3 N–H and O–H groups in total. The second-order valence-corrected chi connectivity index (χ2v) is 9.81. The topological polar surface area (TPSA) is 117 Å². The van der Waals surface area contributed by atoms with E-state index in [4.69, 9.17) is 4.55 Å². The van der Waals surface area contributed by atoms with E-state index in [9.17, 15) is 9.00 Å². The molecule has 0 saturated carbocycles. The van der Waals surface area contributed by atoms with Crippen molar-refractivity contribution in [1.29, 1.82) is 0 Å². The van der Waals surface area contributed by atoms with Crippen LogP contribution in [0.25, 0.3) is 0 Å². The van der Waals surface area contributed by atoms with Crippen LogP contribution in [-0.2, 0) is 17.8 Å². The Morgan fingerprint density at radius 2 is 1.69 bits per heavy atom. The van der Waals surface area contributed by atoms with Gasteiger partial charge in [-0.1, -0.05) is 12.1 Å². The minimum absolute atomic E-state index is 0.221. The molecule has 0 spiro atoms. The summed E-state index contributed by atoms with van der Waals surface area (Å²) in [6.07, 6.45) is 0. The van der Waals surface area contributed by atoms with Gasteiger partial charge >= 0.3 is 5.91 Å². The Labute approximate surface area is 214 Å². The molecule has 1 atom stereocenters. The van der Waals surface area contributed by atoms with E-state index in [1.807, 2.05) is 31.2 Å². The van der Waals surface area contributed by atoms with Gasteiger partial charge in [-0.05, 0) is 112 Å². The van der Waals surface area contributed by atoms with Crippen LogP contribution in [-0.4, -0.2) is 14.7 Å². The minimum Gasteiger partial charge on any atom is -0.355 e. The van der Waals surface area contributed by atoms with E-state index < -0.39 is 17.2 Å². The van der Waals surface area contributed by atoms with Gasteiger partial charge in [0.05, 0.1) is 11.3 Å². The van der Waals surface area contributed by atoms with Crippen molar-refractivity contribution in [3.8, 4) is 0 Å². The molecule has 0 bridgehead atoms. The first-order chi connectivity index (χ1) is 15.3. The van der Waals surface area contributed by atoms with Crippen LogP contribution in [0, 0.1) is 14.1 Å². The zero-order valence-electron chi connectivity index (χ0n) is 16.8. The lowest BCUT2D eigenvalue weighted by Crippen LogP contribution is -2.03. The summed E-state index contributed by atoms with van der Waals surface area (Å²) in [4.78, 5) is 16.4. The number of nitrogens with zero attached hydrogens (tertiary/aromatic N) is 3. The van der Waals surface area contributed by atoms with Crippen LogP contribution in [0.4, 0.5) is 17.1 Å². The first kappa shape index (κ1) is 24.5. The molecule has 1 unspecified atom stereocenters. The molecule has 3 aromatic carbocycles. The van der Waals surface area contributed by atoms with Crippen LogP contribution in [0.1, 0.15) is 21.5 Å². The van der Waals surface area contributed by atoms with E-state index in [-0.39, 0.29) is 6.54 Å². The van der Waals surface area contributed by atoms with Crippen molar-refractivity contribution >= 4 is 79.4 Å². The number of anilines is 3. The Morgan fingerprint density at radius 3 is 2.34 bits per heavy atom. The molecular formula is C21H18I2N5O3S+. The molecule has 164 valence electrons. The van der Waals surface area contributed by atoms with Crippen molar-refractivity contribution in [2.24, 2.45) is 10.2 Å².